The van der Waals surface area contributed by atoms with E-state index in [1.807, 2.05) is 6.92 Å². The van der Waals surface area contributed by atoms with Gasteiger partial charge in [0.2, 0.25) is 0 Å². The van der Waals surface area contributed by atoms with Crippen molar-refractivity contribution in [1.29, 1.82) is 0 Å². The van der Waals surface area contributed by atoms with Gasteiger partial charge in [0.1, 0.15) is 5.82 Å². The highest BCUT2D eigenvalue weighted by molar-refractivity contribution is 14.1. The number of nitrogens with zero attached hydrogens (tertiary/aromatic N) is 1. The van der Waals surface area contributed by atoms with Crippen LogP contribution < -0.4 is 0 Å². The van der Waals surface area contributed by atoms with Gasteiger partial charge >= 0.3 is 5.97 Å². The summed E-state index contributed by atoms with van der Waals surface area (Å²) in [7, 11) is 1.35. The number of hydrogen-bond acceptors (Lipinski definition) is 3. The molecule has 1 N–H and O–H groups in total. The van der Waals surface area contributed by atoms with Crippen LogP contribution in [-0.2, 0) is 9.53 Å². The minimum absolute atomic E-state index is 0.375. The summed E-state index contributed by atoms with van der Waals surface area (Å²) >= 11 is 2.11. The van der Waals surface area contributed by atoms with Crippen molar-refractivity contribution in [3.63, 3.8) is 0 Å². The molecule has 1 rings (SSSR count). The van der Waals surface area contributed by atoms with Crippen molar-refractivity contribution in [2.45, 2.75) is 6.92 Å². The van der Waals surface area contributed by atoms with Crippen LogP contribution in [0.25, 0.3) is 6.08 Å². The Morgan fingerprint density at radius 1 is 1.67 bits per heavy atom. The summed E-state index contributed by atoms with van der Waals surface area (Å²) in [4.78, 5) is 18.4. The van der Waals surface area contributed by atoms with E-state index in [0.29, 0.717) is 11.4 Å². The van der Waals surface area contributed by atoms with Gasteiger partial charge in [-0.15, -0.1) is 0 Å². The number of allylic oxidation sites excluding steroid dienone is 1. The predicted octanol–water partition coefficient (Wildman–Crippen LogP) is 2.15. The van der Waals surface area contributed by atoms with E-state index in [9.17, 15) is 4.79 Å². The molecule has 15 heavy (non-hydrogen) atoms. The van der Waals surface area contributed by atoms with E-state index in [2.05, 4.69) is 37.3 Å². The summed E-state index contributed by atoms with van der Waals surface area (Å²) in [6.07, 6.45) is 6.79. The number of aromatic nitrogens is 2. The molecule has 0 aliphatic carbocycles. The van der Waals surface area contributed by atoms with E-state index in [-0.39, 0.29) is 5.97 Å². The molecule has 0 radical (unpaired) electrons. The Hall–Kier alpha value is -1.11. The lowest BCUT2D eigenvalue weighted by molar-refractivity contribution is -0.135. The van der Waals surface area contributed by atoms with Gasteiger partial charge in [-0.25, -0.2) is 9.78 Å². The number of aromatic amines is 1. The fraction of sp³-hybridized carbons (Fsp3) is 0.200. The van der Waals surface area contributed by atoms with Crippen LogP contribution in [0.1, 0.15) is 12.7 Å². The highest BCUT2D eigenvalue weighted by atomic mass is 127. The normalized spacial score (nSPS) is 12.1. The number of esters is 1. The maximum atomic E-state index is 11.3. The van der Waals surface area contributed by atoms with Gasteiger partial charge in [0.05, 0.1) is 22.6 Å². The van der Waals surface area contributed by atoms with Gasteiger partial charge in [0.25, 0.3) is 0 Å². The zero-order chi connectivity index (χ0) is 11.3. The van der Waals surface area contributed by atoms with E-state index in [1.165, 1.54) is 7.11 Å². The summed E-state index contributed by atoms with van der Waals surface area (Å²) in [6.45, 7) is 1.84. The predicted molar refractivity (Wildman–Crippen MR) is 66.1 cm³/mol. The van der Waals surface area contributed by atoms with Crippen molar-refractivity contribution in [1.82, 2.24) is 9.97 Å². The third-order valence-electron chi connectivity index (χ3n) is 1.62. The van der Waals surface area contributed by atoms with E-state index >= 15 is 0 Å². The molecule has 0 amide bonds. The average Bonchev–Trinajstić information content (AvgIpc) is 2.62. The van der Waals surface area contributed by atoms with Crippen molar-refractivity contribution in [3.8, 4) is 0 Å². The Morgan fingerprint density at radius 3 is 2.87 bits per heavy atom. The van der Waals surface area contributed by atoms with Gasteiger partial charge < -0.3 is 9.72 Å². The number of H-pyrrole nitrogens is 1. The summed E-state index contributed by atoms with van der Waals surface area (Å²) in [5.74, 6) is 0.261. The minimum Gasteiger partial charge on any atom is -0.465 e. The van der Waals surface area contributed by atoms with Gasteiger partial charge in [-0.1, -0.05) is 12.2 Å². The fourth-order valence-corrected chi connectivity index (χ4v) is 1.42. The number of halogens is 1. The summed E-state index contributed by atoms with van der Waals surface area (Å²) < 4.78 is 5.56. The summed E-state index contributed by atoms with van der Waals surface area (Å²) in [5, 5.41) is 0. The molecular formula is C10H11IN2O2. The van der Waals surface area contributed by atoms with Crippen LogP contribution in [0.4, 0.5) is 0 Å². The number of hydrogen-bond donors (Lipinski definition) is 1. The third-order valence-corrected chi connectivity index (χ3v) is 2.17. The summed E-state index contributed by atoms with van der Waals surface area (Å²) in [6, 6.07) is 0. The molecule has 0 saturated carbocycles. The van der Waals surface area contributed by atoms with Gasteiger partial charge in [-0.2, -0.15) is 0 Å². The molecule has 0 unspecified atom stereocenters. The highest BCUT2D eigenvalue weighted by Crippen LogP contribution is 2.08. The van der Waals surface area contributed by atoms with Crippen molar-refractivity contribution < 1.29 is 9.53 Å². The van der Waals surface area contributed by atoms with E-state index in [4.69, 9.17) is 0 Å². The smallest absolute Gasteiger partial charge is 0.337 e. The van der Waals surface area contributed by atoms with Crippen LogP contribution in [0.2, 0.25) is 0 Å². The molecule has 1 aromatic heterocycles. The van der Waals surface area contributed by atoms with E-state index in [1.54, 1.807) is 24.4 Å². The quantitative estimate of drug-likeness (QED) is 0.402. The summed E-state index contributed by atoms with van der Waals surface area (Å²) in [5.41, 5.74) is 0.464. The van der Waals surface area contributed by atoms with E-state index in [0.717, 1.165) is 3.70 Å². The van der Waals surface area contributed by atoms with Crippen molar-refractivity contribution >= 4 is 34.6 Å². The largest absolute Gasteiger partial charge is 0.465 e. The van der Waals surface area contributed by atoms with Crippen LogP contribution in [-0.4, -0.2) is 23.0 Å². The first-order valence-corrected chi connectivity index (χ1v) is 5.38. The Kier molecular flexibility index (Phi) is 4.54. The molecule has 0 fully saturated rings. The second-order valence-electron chi connectivity index (χ2n) is 2.71. The zero-order valence-corrected chi connectivity index (χ0v) is 10.6. The van der Waals surface area contributed by atoms with Gasteiger partial charge in [-0.3, -0.25) is 0 Å². The molecule has 0 spiro atoms. The number of rotatable bonds is 3. The van der Waals surface area contributed by atoms with Crippen LogP contribution in [0.15, 0.2) is 23.9 Å². The van der Waals surface area contributed by atoms with Crippen LogP contribution >= 0.6 is 22.6 Å². The van der Waals surface area contributed by atoms with Gasteiger partial charge in [-0.05, 0) is 35.6 Å². The van der Waals surface area contributed by atoms with Crippen molar-refractivity contribution in [2.75, 3.05) is 7.11 Å². The van der Waals surface area contributed by atoms with Crippen LogP contribution in [0.3, 0.4) is 0 Å². The number of nitrogens with one attached hydrogen (secondary N) is 1. The molecule has 4 nitrogen and oxygen atoms in total. The monoisotopic (exact) mass is 318 g/mol. The number of carbonyl (C=O) groups is 1. The first-order valence-electron chi connectivity index (χ1n) is 4.30. The standard InChI is InChI=1S/C10H11IN2O2/c1-3-4-7(10(14)15-2)5-9-12-6-8(11)13-9/h3-6H,1-2H3,(H,12,13)/b4-3-,7-5+. The molecule has 0 bridgehead atoms. The Morgan fingerprint density at radius 2 is 2.40 bits per heavy atom. The van der Waals surface area contributed by atoms with Crippen molar-refractivity contribution in [3.05, 3.63) is 33.4 Å². The second-order valence-corrected chi connectivity index (χ2v) is 3.87. The molecule has 0 aliphatic rings. The molecule has 5 heteroatoms. The third kappa shape index (κ3) is 3.50. The number of carbonyl (C=O) groups excluding carboxylic acids is 1. The van der Waals surface area contributed by atoms with E-state index < -0.39 is 0 Å². The highest BCUT2D eigenvalue weighted by Gasteiger charge is 2.06. The number of imidazole rings is 1. The molecule has 1 aromatic rings. The molecular weight excluding hydrogens is 307 g/mol. The maximum Gasteiger partial charge on any atom is 0.337 e. The molecule has 0 aromatic carbocycles. The fourth-order valence-electron chi connectivity index (χ4n) is 1.01. The molecule has 80 valence electrons. The molecule has 0 saturated heterocycles. The molecule has 0 atom stereocenters. The Bertz CT molecular complexity index is 407. The van der Waals surface area contributed by atoms with Crippen LogP contribution in [0.5, 0.6) is 0 Å². The van der Waals surface area contributed by atoms with Gasteiger partial charge in [0, 0.05) is 0 Å². The Labute approximate surface area is 102 Å². The van der Waals surface area contributed by atoms with Gasteiger partial charge in [0.15, 0.2) is 0 Å². The molecule has 0 aliphatic heterocycles. The Balaban J connectivity index is 2.98. The number of ether oxygens (including phenoxy) is 1. The van der Waals surface area contributed by atoms with Crippen LogP contribution in [0, 0.1) is 3.70 Å². The lowest BCUT2D eigenvalue weighted by Crippen LogP contribution is -2.02. The minimum atomic E-state index is -0.375. The SMILES string of the molecule is C/C=C\C(=C/c1ncc(I)[nH]1)C(=O)OC. The average molecular weight is 318 g/mol. The first-order chi connectivity index (χ1) is 7.17. The van der Waals surface area contributed by atoms with Crippen molar-refractivity contribution in [2.24, 2.45) is 0 Å². The maximum absolute atomic E-state index is 11.3. The topological polar surface area (TPSA) is 55.0 Å². The first kappa shape index (κ1) is 12.0. The number of methoxy groups -OCH3 is 1. The second kappa shape index (κ2) is 5.69. The lowest BCUT2D eigenvalue weighted by atomic mass is 10.2. The lowest BCUT2D eigenvalue weighted by Gasteiger charge is -1.98. The molecule has 1 heterocycles. The zero-order valence-electron chi connectivity index (χ0n) is 8.45.